The number of aliphatic imine (C=N–C) groups is 1. The average Bonchev–Trinajstić information content (AvgIpc) is 2.77. The van der Waals surface area contributed by atoms with Crippen LogP contribution in [0.1, 0.15) is 25.7 Å². The van der Waals surface area contributed by atoms with Gasteiger partial charge in [-0.3, -0.25) is 9.79 Å². The number of nitrogens with two attached hydrogens (primary N) is 1. The molecule has 0 saturated carbocycles. The Labute approximate surface area is 208 Å². The topological polar surface area (TPSA) is 77.2 Å². The van der Waals surface area contributed by atoms with Crippen LogP contribution in [0.2, 0.25) is 5.02 Å². The van der Waals surface area contributed by atoms with E-state index in [0.717, 1.165) is 94.7 Å². The number of hydrogen-bond donors (Lipinski definition) is 2. The fraction of sp³-hybridized carbons (Fsp3) is 0.636. The number of halogens is 2. The number of amides is 1. The lowest BCUT2D eigenvalue weighted by Crippen LogP contribution is -2.52. The summed E-state index contributed by atoms with van der Waals surface area (Å²) in [4.78, 5) is 22.8. The summed E-state index contributed by atoms with van der Waals surface area (Å²) in [5.74, 6) is 0.915. The lowest BCUT2D eigenvalue weighted by atomic mass is 9.96. The molecule has 0 aromatic heterocycles. The number of guanidine groups is 1. The Bertz CT molecular complexity index is 718. The van der Waals surface area contributed by atoms with Gasteiger partial charge in [-0.15, -0.1) is 24.0 Å². The minimum absolute atomic E-state index is 0. The normalized spacial score (nSPS) is 18.6. The van der Waals surface area contributed by atoms with Crippen LogP contribution in [0, 0.1) is 5.92 Å². The van der Waals surface area contributed by atoms with E-state index < -0.39 is 0 Å². The maximum atomic E-state index is 11.3. The van der Waals surface area contributed by atoms with Crippen molar-refractivity contribution in [3.8, 4) is 0 Å². The van der Waals surface area contributed by atoms with Gasteiger partial charge in [0.15, 0.2) is 5.96 Å². The van der Waals surface area contributed by atoms with Crippen LogP contribution in [0.25, 0.3) is 0 Å². The van der Waals surface area contributed by atoms with Gasteiger partial charge in [-0.1, -0.05) is 23.7 Å². The van der Waals surface area contributed by atoms with Crippen LogP contribution in [0.15, 0.2) is 29.3 Å². The number of likely N-dealkylation sites (tertiary alicyclic amines) is 1. The van der Waals surface area contributed by atoms with Gasteiger partial charge in [-0.2, -0.15) is 0 Å². The van der Waals surface area contributed by atoms with Crippen LogP contribution in [0.5, 0.6) is 0 Å². The van der Waals surface area contributed by atoms with E-state index >= 15 is 0 Å². The van der Waals surface area contributed by atoms with E-state index in [-0.39, 0.29) is 35.8 Å². The van der Waals surface area contributed by atoms with Crippen molar-refractivity contribution in [2.75, 3.05) is 64.3 Å². The van der Waals surface area contributed by atoms with E-state index in [4.69, 9.17) is 17.3 Å². The second-order valence-electron chi connectivity index (χ2n) is 8.12. The number of unbranched alkanes of at least 4 members (excludes halogenated alkanes) is 1. The zero-order valence-corrected chi connectivity index (χ0v) is 21.5. The van der Waals surface area contributed by atoms with Crippen molar-refractivity contribution in [2.45, 2.75) is 25.7 Å². The van der Waals surface area contributed by atoms with E-state index in [1.54, 1.807) is 0 Å². The monoisotopic (exact) mass is 562 g/mol. The second kappa shape index (κ2) is 13.3. The molecule has 0 spiro atoms. The summed E-state index contributed by atoms with van der Waals surface area (Å²) in [7, 11) is 1.85. The SMILES string of the molecule is CN=C(NCCCCN1CCC(C(N)=O)CC1)N1CCN(c2ccccc2Cl)CC1.I. The van der Waals surface area contributed by atoms with E-state index in [2.05, 4.69) is 31.1 Å². The highest BCUT2D eigenvalue weighted by Crippen LogP contribution is 2.26. The third kappa shape index (κ3) is 7.68. The zero-order valence-electron chi connectivity index (χ0n) is 18.4. The second-order valence-corrected chi connectivity index (χ2v) is 8.53. The standard InChI is InChI=1S/C22H35ClN6O.HI/c1-25-22(26-10-4-5-11-27-12-8-18(9-13-27)21(24)30)29-16-14-28(15-17-29)20-7-3-2-6-19(20)23;/h2-3,6-7,18H,4-5,8-17H2,1H3,(H2,24,30)(H,25,26);1H. The first kappa shape index (κ1) is 26.0. The number of piperidine rings is 1. The summed E-state index contributed by atoms with van der Waals surface area (Å²) in [6.45, 7) is 7.71. The number of hydrogen-bond acceptors (Lipinski definition) is 4. The van der Waals surface area contributed by atoms with Crippen molar-refractivity contribution < 1.29 is 4.79 Å². The van der Waals surface area contributed by atoms with Crippen LogP contribution >= 0.6 is 35.6 Å². The number of rotatable bonds is 7. The van der Waals surface area contributed by atoms with Crippen molar-refractivity contribution in [3.05, 3.63) is 29.3 Å². The number of para-hydroxylation sites is 1. The van der Waals surface area contributed by atoms with Crippen molar-refractivity contribution in [1.29, 1.82) is 0 Å². The molecule has 9 heteroatoms. The molecule has 31 heavy (non-hydrogen) atoms. The number of carbonyl (C=O) groups is 1. The Morgan fingerprint density at radius 1 is 1.13 bits per heavy atom. The quantitative estimate of drug-likeness (QED) is 0.231. The predicted octanol–water partition coefficient (Wildman–Crippen LogP) is 2.63. The minimum Gasteiger partial charge on any atom is -0.369 e. The van der Waals surface area contributed by atoms with Crippen molar-refractivity contribution in [3.63, 3.8) is 0 Å². The molecule has 1 aromatic carbocycles. The van der Waals surface area contributed by atoms with Gasteiger partial charge < -0.3 is 25.8 Å². The summed E-state index contributed by atoms with van der Waals surface area (Å²) >= 11 is 6.34. The molecule has 3 N–H and O–H groups in total. The number of primary amides is 1. The maximum Gasteiger partial charge on any atom is 0.220 e. The largest absolute Gasteiger partial charge is 0.369 e. The number of benzene rings is 1. The van der Waals surface area contributed by atoms with Crippen molar-refractivity contribution in [2.24, 2.45) is 16.6 Å². The number of nitrogens with one attached hydrogen (secondary N) is 1. The summed E-state index contributed by atoms with van der Waals surface area (Å²) < 4.78 is 0. The smallest absolute Gasteiger partial charge is 0.220 e. The highest BCUT2D eigenvalue weighted by Gasteiger charge is 2.23. The Kier molecular flexibility index (Phi) is 11.2. The summed E-state index contributed by atoms with van der Waals surface area (Å²) in [6, 6.07) is 8.04. The lowest BCUT2D eigenvalue weighted by Gasteiger charge is -2.38. The van der Waals surface area contributed by atoms with Gasteiger partial charge in [0.05, 0.1) is 10.7 Å². The van der Waals surface area contributed by atoms with Gasteiger partial charge in [0.1, 0.15) is 0 Å². The molecule has 0 radical (unpaired) electrons. The molecular weight excluding hydrogens is 527 g/mol. The van der Waals surface area contributed by atoms with E-state index in [9.17, 15) is 4.79 Å². The number of anilines is 1. The molecule has 1 amide bonds. The number of piperazine rings is 1. The van der Waals surface area contributed by atoms with Gasteiger partial charge in [-0.25, -0.2) is 0 Å². The molecular formula is C22H36ClIN6O. The lowest BCUT2D eigenvalue weighted by molar-refractivity contribution is -0.123. The molecule has 174 valence electrons. The van der Waals surface area contributed by atoms with Crippen LogP contribution in [-0.4, -0.2) is 81.1 Å². The highest BCUT2D eigenvalue weighted by molar-refractivity contribution is 14.0. The molecule has 0 bridgehead atoms. The minimum atomic E-state index is -0.141. The first-order valence-electron chi connectivity index (χ1n) is 11.0. The molecule has 0 unspecified atom stereocenters. The van der Waals surface area contributed by atoms with E-state index in [1.807, 2.05) is 25.2 Å². The van der Waals surface area contributed by atoms with E-state index in [0.29, 0.717) is 0 Å². The van der Waals surface area contributed by atoms with Crippen LogP contribution in [-0.2, 0) is 4.79 Å². The van der Waals surface area contributed by atoms with Crippen LogP contribution in [0.4, 0.5) is 5.69 Å². The van der Waals surface area contributed by atoms with Gasteiger partial charge in [0.2, 0.25) is 5.91 Å². The summed E-state index contributed by atoms with van der Waals surface area (Å²) in [6.07, 6.45) is 4.06. The molecule has 7 nitrogen and oxygen atoms in total. The van der Waals surface area contributed by atoms with Crippen LogP contribution < -0.4 is 16.0 Å². The molecule has 2 aliphatic heterocycles. The molecule has 2 fully saturated rings. The zero-order chi connectivity index (χ0) is 21.3. The molecule has 1 aromatic rings. The Hall–Kier alpha value is -1.26. The summed E-state index contributed by atoms with van der Waals surface area (Å²) in [5.41, 5.74) is 6.52. The molecule has 2 aliphatic rings. The third-order valence-electron chi connectivity index (χ3n) is 6.16. The Morgan fingerprint density at radius 3 is 2.42 bits per heavy atom. The third-order valence-corrected chi connectivity index (χ3v) is 6.48. The van der Waals surface area contributed by atoms with Crippen LogP contribution in [0.3, 0.4) is 0 Å². The number of nitrogens with zero attached hydrogens (tertiary/aromatic N) is 4. The molecule has 3 rings (SSSR count). The highest BCUT2D eigenvalue weighted by atomic mass is 127. The average molecular weight is 563 g/mol. The fourth-order valence-electron chi connectivity index (χ4n) is 4.30. The molecule has 2 heterocycles. The molecule has 0 atom stereocenters. The first-order valence-corrected chi connectivity index (χ1v) is 11.4. The van der Waals surface area contributed by atoms with E-state index in [1.165, 1.54) is 0 Å². The Morgan fingerprint density at radius 2 is 1.81 bits per heavy atom. The molecule has 2 saturated heterocycles. The Balaban J connectivity index is 0.00000341. The van der Waals surface area contributed by atoms with Crippen molar-refractivity contribution >= 4 is 53.1 Å². The van der Waals surface area contributed by atoms with Gasteiger partial charge in [0, 0.05) is 45.7 Å². The maximum absolute atomic E-state index is 11.3. The van der Waals surface area contributed by atoms with Gasteiger partial charge in [0.25, 0.3) is 0 Å². The van der Waals surface area contributed by atoms with Crippen molar-refractivity contribution in [1.82, 2.24) is 15.1 Å². The van der Waals surface area contributed by atoms with Gasteiger partial charge >= 0.3 is 0 Å². The van der Waals surface area contributed by atoms with Gasteiger partial charge in [-0.05, 0) is 57.5 Å². The first-order chi connectivity index (χ1) is 14.6. The predicted molar refractivity (Wildman–Crippen MR) is 140 cm³/mol. The summed E-state index contributed by atoms with van der Waals surface area (Å²) in [5, 5.41) is 4.33. The molecule has 0 aliphatic carbocycles. The fourth-order valence-corrected chi connectivity index (χ4v) is 4.56. The number of carbonyl (C=O) groups excluding carboxylic acids is 1.